The Morgan fingerprint density at radius 3 is 2.24 bits per heavy atom. The van der Waals surface area contributed by atoms with E-state index >= 15 is 0 Å². The summed E-state index contributed by atoms with van der Waals surface area (Å²) in [6.07, 6.45) is 0. The Labute approximate surface area is 125 Å². The molecule has 0 fully saturated rings. The van der Waals surface area contributed by atoms with Crippen LogP contribution in [0.15, 0.2) is 24.3 Å². The van der Waals surface area contributed by atoms with E-state index < -0.39 is 0 Å². The Kier molecular flexibility index (Phi) is 8.05. The van der Waals surface area contributed by atoms with Gasteiger partial charge < -0.3 is 14.8 Å². The summed E-state index contributed by atoms with van der Waals surface area (Å²) >= 11 is 0. The summed E-state index contributed by atoms with van der Waals surface area (Å²) in [5.41, 5.74) is 1.24. The molecule has 1 amide bonds. The largest absolute Gasteiger partial charge is 0.383 e. The highest BCUT2D eigenvalue weighted by atomic mass is 16.5. The number of ether oxygens (including phenoxy) is 2. The first kappa shape index (κ1) is 17.1. The maximum atomic E-state index is 12.0. The summed E-state index contributed by atoms with van der Waals surface area (Å²) in [7, 11) is 3.26. The minimum absolute atomic E-state index is 0.105. The molecule has 0 atom stereocenters. The lowest BCUT2D eigenvalue weighted by atomic mass is 10.2. The number of hydrogen-bond donors (Lipinski definition) is 1. The molecule has 0 saturated carbocycles. The highest BCUT2D eigenvalue weighted by molar-refractivity contribution is 5.92. The summed E-state index contributed by atoms with van der Waals surface area (Å²) in [5.74, 6) is -0.105. The van der Waals surface area contributed by atoms with Crippen LogP contribution < -0.4 is 5.32 Å². The number of rotatable bonds is 9. The number of benzene rings is 1. The van der Waals surface area contributed by atoms with Gasteiger partial charge in [-0.3, -0.25) is 9.69 Å². The lowest BCUT2D eigenvalue weighted by Crippen LogP contribution is -2.37. The molecule has 0 unspecified atom stereocenters. The van der Waals surface area contributed by atoms with Crippen molar-refractivity contribution in [2.75, 3.05) is 52.4 Å². The Balaban J connectivity index is 2.49. The maximum absolute atomic E-state index is 12.0. The monoisotopic (exact) mass is 291 g/mol. The van der Waals surface area contributed by atoms with Crippen molar-refractivity contribution in [3.05, 3.63) is 29.8 Å². The number of nitrogens with one attached hydrogen (secondary N) is 1. The summed E-state index contributed by atoms with van der Waals surface area (Å²) in [5, 5.41) is 11.5. The molecule has 6 heteroatoms. The minimum atomic E-state index is -0.105. The Morgan fingerprint density at radius 2 is 1.76 bits per heavy atom. The quantitative estimate of drug-likeness (QED) is 0.737. The van der Waals surface area contributed by atoms with E-state index in [1.54, 1.807) is 38.5 Å². The normalized spacial score (nSPS) is 10.4. The zero-order valence-electron chi connectivity index (χ0n) is 12.5. The van der Waals surface area contributed by atoms with Crippen molar-refractivity contribution in [2.45, 2.75) is 0 Å². The minimum Gasteiger partial charge on any atom is -0.383 e. The molecular formula is C15H21N3O3. The van der Waals surface area contributed by atoms with Gasteiger partial charge in [0, 0.05) is 33.0 Å². The fourth-order valence-electron chi connectivity index (χ4n) is 1.74. The van der Waals surface area contributed by atoms with E-state index in [2.05, 4.69) is 5.32 Å². The van der Waals surface area contributed by atoms with Gasteiger partial charge in [0.05, 0.1) is 31.4 Å². The fourth-order valence-corrected chi connectivity index (χ4v) is 1.74. The van der Waals surface area contributed by atoms with Gasteiger partial charge in [0.25, 0.3) is 0 Å². The van der Waals surface area contributed by atoms with Crippen molar-refractivity contribution >= 4 is 11.6 Å². The van der Waals surface area contributed by atoms with Gasteiger partial charge in [-0.05, 0) is 24.3 Å². The summed E-state index contributed by atoms with van der Waals surface area (Å²) in [6, 6.07) is 8.80. The van der Waals surface area contributed by atoms with E-state index in [0.29, 0.717) is 37.6 Å². The molecule has 0 saturated heterocycles. The Bertz CT molecular complexity index is 460. The first-order valence-electron chi connectivity index (χ1n) is 6.70. The molecule has 1 aromatic carbocycles. The molecule has 21 heavy (non-hydrogen) atoms. The van der Waals surface area contributed by atoms with E-state index in [1.807, 2.05) is 11.0 Å². The predicted octanol–water partition coefficient (Wildman–Crippen LogP) is 1.09. The number of hydrogen-bond acceptors (Lipinski definition) is 5. The molecular weight excluding hydrogens is 270 g/mol. The zero-order chi connectivity index (χ0) is 15.5. The Hall–Kier alpha value is -1.94. The second-order valence-corrected chi connectivity index (χ2v) is 4.50. The number of nitriles is 1. The standard InChI is InChI=1S/C15H21N3O3/c1-20-9-7-18(8-10-21-2)12-15(19)17-14-5-3-13(11-16)4-6-14/h3-6H,7-10,12H2,1-2H3,(H,17,19). The van der Waals surface area contributed by atoms with Crippen LogP contribution in [-0.4, -0.2) is 57.9 Å². The van der Waals surface area contributed by atoms with Crippen LogP contribution >= 0.6 is 0 Å². The third-order valence-corrected chi connectivity index (χ3v) is 2.89. The number of carbonyl (C=O) groups excluding carboxylic acids is 1. The second kappa shape index (κ2) is 9.88. The van der Waals surface area contributed by atoms with E-state index in [9.17, 15) is 4.79 Å². The van der Waals surface area contributed by atoms with Crippen molar-refractivity contribution in [1.29, 1.82) is 5.26 Å². The lowest BCUT2D eigenvalue weighted by molar-refractivity contribution is -0.117. The molecule has 0 aliphatic carbocycles. The average molecular weight is 291 g/mol. The maximum Gasteiger partial charge on any atom is 0.238 e. The molecule has 1 N–H and O–H groups in total. The third-order valence-electron chi connectivity index (χ3n) is 2.89. The summed E-state index contributed by atoms with van der Waals surface area (Å²) in [4.78, 5) is 14.0. The van der Waals surface area contributed by atoms with Crippen molar-refractivity contribution < 1.29 is 14.3 Å². The SMILES string of the molecule is COCCN(CCOC)CC(=O)Nc1ccc(C#N)cc1. The van der Waals surface area contributed by atoms with Crippen LogP contribution in [0.4, 0.5) is 5.69 Å². The molecule has 6 nitrogen and oxygen atoms in total. The number of anilines is 1. The van der Waals surface area contributed by atoms with Crippen molar-refractivity contribution in [2.24, 2.45) is 0 Å². The van der Waals surface area contributed by atoms with Gasteiger partial charge >= 0.3 is 0 Å². The molecule has 0 radical (unpaired) electrons. The van der Waals surface area contributed by atoms with Crippen molar-refractivity contribution in [3.8, 4) is 6.07 Å². The summed E-state index contributed by atoms with van der Waals surface area (Å²) < 4.78 is 10.1. The van der Waals surface area contributed by atoms with Crippen LogP contribution in [-0.2, 0) is 14.3 Å². The van der Waals surface area contributed by atoms with Crippen LogP contribution in [0, 0.1) is 11.3 Å². The average Bonchev–Trinajstić information content (AvgIpc) is 2.50. The highest BCUT2D eigenvalue weighted by Gasteiger charge is 2.10. The van der Waals surface area contributed by atoms with Crippen molar-refractivity contribution in [3.63, 3.8) is 0 Å². The van der Waals surface area contributed by atoms with E-state index in [1.165, 1.54) is 0 Å². The third kappa shape index (κ3) is 6.86. The van der Waals surface area contributed by atoms with Crippen molar-refractivity contribution in [1.82, 2.24) is 4.90 Å². The van der Waals surface area contributed by atoms with Gasteiger partial charge in [-0.25, -0.2) is 0 Å². The van der Waals surface area contributed by atoms with Crippen LogP contribution in [0.2, 0.25) is 0 Å². The van der Waals surface area contributed by atoms with Crippen LogP contribution in [0.3, 0.4) is 0 Å². The van der Waals surface area contributed by atoms with Gasteiger partial charge in [-0.1, -0.05) is 0 Å². The highest BCUT2D eigenvalue weighted by Crippen LogP contribution is 2.08. The lowest BCUT2D eigenvalue weighted by Gasteiger charge is -2.20. The van der Waals surface area contributed by atoms with E-state index in [-0.39, 0.29) is 12.5 Å². The topological polar surface area (TPSA) is 74.6 Å². The molecule has 0 aliphatic rings. The fraction of sp³-hybridized carbons (Fsp3) is 0.467. The molecule has 1 rings (SSSR count). The Morgan fingerprint density at radius 1 is 1.19 bits per heavy atom. The molecule has 0 bridgehead atoms. The van der Waals surface area contributed by atoms with E-state index in [4.69, 9.17) is 14.7 Å². The number of amides is 1. The number of carbonyl (C=O) groups is 1. The molecule has 0 spiro atoms. The van der Waals surface area contributed by atoms with Gasteiger partial charge in [-0.15, -0.1) is 0 Å². The summed E-state index contributed by atoms with van der Waals surface area (Å²) in [6.45, 7) is 2.73. The predicted molar refractivity (Wildman–Crippen MR) is 80.0 cm³/mol. The smallest absolute Gasteiger partial charge is 0.238 e. The molecule has 114 valence electrons. The molecule has 0 heterocycles. The molecule has 0 aliphatic heterocycles. The second-order valence-electron chi connectivity index (χ2n) is 4.50. The number of methoxy groups -OCH3 is 2. The van der Waals surface area contributed by atoms with Crippen LogP contribution in [0.25, 0.3) is 0 Å². The first-order chi connectivity index (χ1) is 10.2. The first-order valence-corrected chi connectivity index (χ1v) is 6.70. The van der Waals surface area contributed by atoms with Gasteiger partial charge in [0.15, 0.2) is 0 Å². The van der Waals surface area contributed by atoms with Crippen LogP contribution in [0.1, 0.15) is 5.56 Å². The number of nitrogens with zero attached hydrogens (tertiary/aromatic N) is 2. The van der Waals surface area contributed by atoms with E-state index in [0.717, 1.165) is 0 Å². The van der Waals surface area contributed by atoms with Gasteiger partial charge in [0.1, 0.15) is 0 Å². The zero-order valence-corrected chi connectivity index (χ0v) is 12.5. The van der Waals surface area contributed by atoms with Crippen LogP contribution in [0.5, 0.6) is 0 Å². The molecule has 1 aromatic rings. The van der Waals surface area contributed by atoms with Gasteiger partial charge in [-0.2, -0.15) is 5.26 Å². The molecule has 0 aromatic heterocycles. The van der Waals surface area contributed by atoms with Gasteiger partial charge in [0.2, 0.25) is 5.91 Å².